The number of nitrogens with zero attached hydrogens (tertiary/aromatic N) is 3. The number of ether oxygens (including phenoxy) is 1. The van der Waals surface area contributed by atoms with Crippen molar-refractivity contribution in [2.75, 3.05) is 19.7 Å². The van der Waals surface area contributed by atoms with Crippen LogP contribution in [0.2, 0.25) is 0 Å². The molecule has 1 aliphatic heterocycles. The summed E-state index contributed by atoms with van der Waals surface area (Å²) in [7, 11) is 0. The van der Waals surface area contributed by atoms with Crippen molar-refractivity contribution in [1.82, 2.24) is 9.80 Å². The molecule has 0 aliphatic carbocycles. The Labute approximate surface area is 188 Å². The van der Waals surface area contributed by atoms with E-state index < -0.39 is 11.7 Å². The monoisotopic (exact) mass is 439 g/mol. The Morgan fingerprint density at radius 3 is 2.22 bits per heavy atom. The largest absolute Gasteiger partial charge is 0.444 e. The maximum absolute atomic E-state index is 13.6. The molecule has 0 bridgehead atoms. The van der Waals surface area contributed by atoms with Crippen molar-refractivity contribution >= 4 is 6.09 Å². The Morgan fingerprint density at radius 2 is 1.72 bits per heavy atom. The molecule has 1 heterocycles. The first-order valence-electron chi connectivity index (χ1n) is 10.7. The highest BCUT2D eigenvalue weighted by Gasteiger charge is 2.39. The van der Waals surface area contributed by atoms with Gasteiger partial charge in [-0.1, -0.05) is 24.3 Å². The summed E-state index contributed by atoms with van der Waals surface area (Å²) in [5.41, 5.74) is 1.73. The number of carbonyl (C=O) groups is 1. The third-order valence-electron chi connectivity index (χ3n) is 5.60. The van der Waals surface area contributed by atoms with E-state index in [0.717, 1.165) is 11.1 Å². The van der Waals surface area contributed by atoms with E-state index in [4.69, 9.17) is 10.00 Å². The predicted molar refractivity (Wildman–Crippen MR) is 119 cm³/mol. The van der Waals surface area contributed by atoms with Crippen LogP contribution >= 0.6 is 0 Å². The zero-order chi connectivity index (χ0) is 23.5. The predicted octanol–water partition coefficient (Wildman–Crippen LogP) is 4.09. The van der Waals surface area contributed by atoms with Crippen LogP contribution in [-0.2, 0) is 4.74 Å². The lowest BCUT2D eigenvalue weighted by molar-refractivity contribution is -0.0299. The second-order valence-corrected chi connectivity index (χ2v) is 9.20. The molecule has 32 heavy (non-hydrogen) atoms. The van der Waals surface area contributed by atoms with Gasteiger partial charge in [-0.25, -0.2) is 9.18 Å². The molecule has 3 atom stereocenters. The van der Waals surface area contributed by atoms with Crippen LogP contribution in [0.5, 0.6) is 0 Å². The minimum atomic E-state index is -0.609. The van der Waals surface area contributed by atoms with Gasteiger partial charge in [0.1, 0.15) is 11.4 Å². The summed E-state index contributed by atoms with van der Waals surface area (Å²) in [5, 5.41) is 19.4. The molecule has 0 saturated carbocycles. The summed E-state index contributed by atoms with van der Waals surface area (Å²) >= 11 is 0. The number of hydrogen-bond acceptors (Lipinski definition) is 5. The van der Waals surface area contributed by atoms with Gasteiger partial charge in [0.25, 0.3) is 0 Å². The van der Waals surface area contributed by atoms with Gasteiger partial charge in [-0.15, -0.1) is 0 Å². The number of aliphatic hydroxyl groups is 1. The van der Waals surface area contributed by atoms with Gasteiger partial charge in [-0.3, -0.25) is 4.90 Å². The lowest BCUT2D eigenvalue weighted by Crippen LogP contribution is -2.61. The van der Waals surface area contributed by atoms with Crippen molar-refractivity contribution in [2.24, 2.45) is 0 Å². The summed E-state index contributed by atoms with van der Waals surface area (Å²) in [6.07, 6.45) is -0.403. The zero-order valence-electron chi connectivity index (χ0n) is 19.0. The molecule has 3 rings (SSSR count). The standard InChI is InChI=1S/C25H30FN3O3/c1-17-14-29(22(16-30)15-28(17)24(31)32-25(2,3)4)23(20-9-11-21(26)12-10-20)19-7-5-18(13-27)6-8-19/h5-12,17,22-23,30H,14-16H2,1-4H3/t17-,22-,23?/m0/s1. The van der Waals surface area contributed by atoms with Crippen LogP contribution in [0.1, 0.15) is 50.4 Å². The molecule has 7 heteroatoms. The third-order valence-corrected chi connectivity index (χ3v) is 5.60. The summed E-state index contributed by atoms with van der Waals surface area (Å²) in [6, 6.07) is 14.9. The van der Waals surface area contributed by atoms with Crippen molar-refractivity contribution in [3.8, 4) is 6.07 Å². The molecule has 2 aromatic rings. The molecule has 170 valence electrons. The molecule has 1 N–H and O–H groups in total. The second-order valence-electron chi connectivity index (χ2n) is 9.20. The smallest absolute Gasteiger partial charge is 0.410 e. The molecule has 1 saturated heterocycles. The van der Waals surface area contributed by atoms with Gasteiger partial charge in [-0.2, -0.15) is 5.26 Å². The first-order valence-corrected chi connectivity index (χ1v) is 10.7. The van der Waals surface area contributed by atoms with E-state index in [1.807, 2.05) is 39.8 Å². The Balaban J connectivity index is 1.96. The van der Waals surface area contributed by atoms with Crippen LogP contribution in [0.4, 0.5) is 9.18 Å². The lowest BCUT2D eigenvalue weighted by Gasteiger charge is -2.48. The highest BCUT2D eigenvalue weighted by atomic mass is 19.1. The van der Waals surface area contributed by atoms with Gasteiger partial charge in [-0.05, 0) is 63.1 Å². The number of halogens is 1. The average Bonchev–Trinajstić information content (AvgIpc) is 2.74. The molecule has 0 spiro atoms. The highest BCUT2D eigenvalue weighted by molar-refractivity contribution is 5.68. The van der Waals surface area contributed by atoms with Crippen LogP contribution in [0.15, 0.2) is 48.5 Å². The van der Waals surface area contributed by atoms with Crippen molar-refractivity contribution in [3.63, 3.8) is 0 Å². The summed E-state index contributed by atoms with van der Waals surface area (Å²) in [6.45, 7) is 8.07. The molecule has 1 aliphatic rings. The number of aliphatic hydroxyl groups excluding tert-OH is 1. The quantitative estimate of drug-likeness (QED) is 0.777. The minimum absolute atomic E-state index is 0.153. The van der Waals surface area contributed by atoms with Crippen LogP contribution in [0, 0.1) is 17.1 Å². The first-order chi connectivity index (χ1) is 15.1. The SMILES string of the molecule is C[C@H]1CN(C(c2ccc(F)cc2)c2ccc(C#N)cc2)[C@H](CO)CN1C(=O)OC(C)(C)C. The maximum atomic E-state index is 13.6. The topological polar surface area (TPSA) is 76.8 Å². The molecule has 6 nitrogen and oxygen atoms in total. The Kier molecular flexibility index (Phi) is 7.17. The van der Waals surface area contributed by atoms with E-state index in [-0.39, 0.29) is 30.5 Å². The Hall–Kier alpha value is -2.95. The molecule has 0 radical (unpaired) electrons. The molecular weight excluding hydrogens is 409 g/mol. The van der Waals surface area contributed by atoms with Gasteiger partial charge >= 0.3 is 6.09 Å². The van der Waals surface area contributed by atoms with Gasteiger partial charge in [0.15, 0.2) is 0 Å². The zero-order valence-corrected chi connectivity index (χ0v) is 19.0. The van der Waals surface area contributed by atoms with Crippen molar-refractivity contribution in [2.45, 2.75) is 51.4 Å². The number of nitriles is 1. The lowest BCUT2D eigenvalue weighted by atomic mass is 9.93. The van der Waals surface area contributed by atoms with E-state index >= 15 is 0 Å². The number of rotatable bonds is 4. The van der Waals surface area contributed by atoms with Gasteiger partial charge in [0, 0.05) is 19.1 Å². The summed E-state index contributed by atoms with van der Waals surface area (Å²) in [5.74, 6) is -0.325. The van der Waals surface area contributed by atoms with Crippen molar-refractivity contribution in [1.29, 1.82) is 5.26 Å². The van der Waals surface area contributed by atoms with Gasteiger partial charge < -0.3 is 14.7 Å². The molecule has 1 unspecified atom stereocenters. The van der Waals surface area contributed by atoms with E-state index in [2.05, 4.69) is 11.0 Å². The fraction of sp³-hybridized carbons (Fsp3) is 0.440. The molecule has 0 aromatic heterocycles. The van der Waals surface area contributed by atoms with Gasteiger partial charge in [0.05, 0.1) is 30.3 Å². The number of benzene rings is 2. The fourth-order valence-electron chi connectivity index (χ4n) is 4.08. The molecule has 1 amide bonds. The number of hydrogen-bond donors (Lipinski definition) is 1. The minimum Gasteiger partial charge on any atom is -0.444 e. The highest BCUT2D eigenvalue weighted by Crippen LogP contribution is 2.34. The van der Waals surface area contributed by atoms with E-state index in [1.54, 1.807) is 29.2 Å². The molecule has 1 fully saturated rings. The third kappa shape index (κ3) is 5.45. The molecule has 2 aromatic carbocycles. The average molecular weight is 440 g/mol. The molecular formula is C25H30FN3O3. The summed E-state index contributed by atoms with van der Waals surface area (Å²) in [4.78, 5) is 16.5. The number of amides is 1. The number of piperazine rings is 1. The van der Waals surface area contributed by atoms with Crippen LogP contribution in [-0.4, -0.2) is 58.4 Å². The van der Waals surface area contributed by atoms with E-state index in [9.17, 15) is 14.3 Å². The summed E-state index contributed by atoms with van der Waals surface area (Å²) < 4.78 is 19.2. The fourth-order valence-corrected chi connectivity index (χ4v) is 4.08. The number of carbonyl (C=O) groups excluding carboxylic acids is 1. The first kappa shape index (κ1) is 23.7. The van der Waals surface area contributed by atoms with Crippen LogP contribution < -0.4 is 0 Å². The Morgan fingerprint density at radius 1 is 1.16 bits per heavy atom. The van der Waals surface area contributed by atoms with Crippen molar-refractivity contribution in [3.05, 3.63) is 71.0 Å². The maximum Gasteiger partial charge on any atom is 0.410 e. The Bertz CT molecular complexity index is 964. The van der Waals surface area contributed by atoms with Crippen LogP contribution in [0.25, 0.3) is 0 Å². The van der Waals surface area contributed by atoms with Crippen LogP contribution in [0.3, 0.4) is 0 Å². The van der Waals surface area contributed by atoms with E-state index in [0.29, 0.717) is 18.7 Å². The van der Waals surface area contributed by atoms with E-state index in [1.165, 1.54) is 12.1 Å². The second kappa shape index (κ2) is 9.68. The normalized spacial score (nSPS) is 20.5. The van der Waals surface area contributed by atoms with Gasteiger partial charge in [0.2, 0.25) is 0 Å². The van der Waals surface area contributed by atoms with Crippen molar-refractivity contribution < 1.29 is 19.0 Å².